The van der Waals surface area contributed by atoms with Crippen LogP contribution in [0.15, 0.2) is 23.0 Å². The van der Waals surface area contributed by atoms with Crippen molar-refractivity contribution in [1.29, 1.82) is 0 Å². The Balaban J connectivity index is 1.65. The van der Waals surface area contributed by atoms with Gasteiger partial charge in [-0.3, -0.25) is 9.48 Å². The first kappa shape index (κ1) is 16.0. The number of hydrogen-bond donors (Lipinski definition) is 3. The van der Waals surface area contributed by atoms with Gasteiger partial charge in [0, 0.05) is 12.2 Å². The summed E-state index contributed by atoms with van der Waals surface area (Å²) in [5, 5.41) is 7.32. The van der Waals surface area contributed by atoms with Crippen LogP contribution in [0.25, 0.3) is 11.0 Å². The third-order valence-corrected chi connectivity index (χ3v) is 4.25. The van der Waals surface area contributed by atoms with Gasteiger partial charge in [-0.05, 0) is 43.5 Å². The van der Waals surface area contributed by atoms with Gasteiger partial charge < -0.3 is 15.3 Å². The van der Waals surface area contributed by atoms with E-state index in [0.29, 0.717) is 6.54 Å². The first-order valence-corrected chi connectivity index (χ1v) is 7.98. The average molecular weight is 327 g/mol. The summed E-state index contributed by atoms with van der Waals surface area (Å²) in [6, 6.07) is 5.56. The molecule has 0 saturated carbocycles. The molecule has 0 aliphatic heterocycles. The van der Waals surface area contributed by atoms with E-state index in [4.69, 9.17) is 0 Å². The number of fused-ring (bicyclic) bond motifs is 1. The summed E-state index contributed by atoms with van der Waals surface area (Å²) in [6.45, 7) is 6.65. The Morgan fingerprint density at radius 3 is 2.71 bits per heavy atom. The summed E-state index contributed by atoms with van der Waals surface area (Å²) < 4.78 is 1.75. The van der Waals surface area contributed by atoms with Crippen LogP contribution in [0.4, 0.5) is 0 Å². The Morgan fingerprint density at radius 2 is 2.00 bits per heavy atom. The number of aromatic nitrogens is 4. The lowest BCUT2D eigenvalue weighted by Gasteiger charge is -2.07. The number of carbonyl (C=O) groups is 1. The number of rotatable bonds is 5. The molecule has 7 nitrogen and oxygen atoms in total. The van der Waals surface area contributed by atoms with Crippen molar-refractivity contribution in [3.05, 3.63) is 51.2 Å². The number of H-pyrrole nitrogens is 2. The Kier molecular flexibility index (Phi) is 4.24. The molecule has 0 unspecified atom stereocenters. The number of nitrogens with zero attached hydrogens (tertiary/aromatic N) is 2. The van der Waals surface area contributed by atoms with E-state index >= 15 is 0 Å². The second-order valence-electron chi connectivity index (χ2n) is 5.90. The van der Waals surface area contributed by atoms with Crippen LogP contribution in [0.3, 0.4) is 0 Å². The fourth-order valence-corrected chi connectivity index (χ4v) is 2.98. The highest BCUT2D eigenvalue weighted by Crippen LogP contribution is 2.13. The summed E-state index contributed by atoms with van der Waals surface area (Å²) in [5.74, 6) is -0.0917. The maximum absolute atomic E-state index is 12.2. The Morgan fingerprint density at radius 1 is 1.25 bits per heavy atom. The van der Waals surface area contributed by atoms with Gasteiger partial charge in [0.15, 0.2) is 0 Å². The normalized spacial score (nSPS) is 11.1. The van der Waals surface area contributed by atoms with Crippen molar-refractivity contribution in [2.24, 2.45) is 0 Å². The largest absolute Gasteiger partial charge is 0.350 e. The van der Waals surface area contributed by atoms with Crippen molar-refractivity contribution in [3.63, 3.8) is 0 Å². The van der Waals surface area contributed by atoms with Gasteiger partial charge in [-0.15, -0.1) is 0 Å². The number of imidazole rings is 1. The van der Waals surface area contributed by atoms with Crippen LogP contribution in [0, 0.1) is 13.8 Å². The molecule has 126 valence electrons. The number of aryl methyl sites for hydroxylation is 1. The highest BCUT2D eigenvalue weighted by molar-refractivity contribution is 5.77. The highest BCUT2D eigenvalue weighted by atomic mass is 16.2. The molecule has 3 N–H and O–H groups in total. The molecule has 0 aliphatic carbocycles. The number of carbonyl (C=O) groups excluding carboxylic acids is 1. The summed E-state index contributed by atoms with van der Waals surface area (Å²) in [5.41, 5.74) is 5.39. The van der Waals surface area contributed by atoms with E-state index in [2.05, 4.69) is 27.3 Å². The number of nitrogens with one attached hydrogen (secondary N) is 3. The molecule has 0 bridgehead atoms. The lowest BCUT2D eigenvalue weighted by Crippen LogP contribution is -2.28. The van der Waals surface area contributed by atoms with Crippen LogP contribution in [0.2, 0.25) is 0 Å². The molecule has 2 heterocycles. The maximum Gasteiger partial charge on any atom is 0.323 e. The topological polar surface area (TPSA) is 95.6 Å². The van der Waals surface area contributed by atoms with E-state index in [1.807, 2.05) is 32.0 Å². The van der Waals surface area contributed by atoms with Crippen LogP contribution in [-0.4, -0.2) is 25.7 Å². The van der Waals surface area contributed by atoms with Crippen LogP contribution in [0.1, 0.15) is 29.4 Å². The van der Waals surface area contributed by atoms with Gasteiger partial charge in [0.1, 0.15) is 6.54 Å². The quantitative estimate of drug-likeness (QED) is 0.663. The zero-order chi connectivity index (χ0) is 17.3. The number of hydrogen-bond acceptors (Lipinski definition) is 3. The summed E-state index contributed by atoms with van der Waals surface area (Å²) in [7, 11) is 0. The van der Waals surface area contributed by atoms with Crippen molar-refractivity contribution in [3.8, 4) is 0 Å². The van der Waals surface area contributed by atoms with Gasteiger partial charge in [0.25, 0.3) is 0 Å². The van der Waals surface area contributed by atoms with Crippen LogP contribution in [0.5, 0.6) is 0 Å². The molecule has 0 fully saturated rings. The third kappa shape index (κ3) is 3.10. The standard InChI is InChI=1S/C17H21N5O2/c1-4-13-10(2)21-22(11(13)3)9-16(23)18-8-12-5-6-14-15(7-12)20-17(24)19-14/h5-7H,4,8-9H2,1-3H3,(H,18,23)(H2,19,20,24). The maximum atomic E-state index is 12.2. The van der Waals surface area contributed by atoms with E-state index in [0.717, 1.165) is 34.4 Å². The summed E-state index contributed by atoms with van der Waals surface area (Å²) in [4.78, 5) is 28.8. The molecular weight excluding hydrogens is 306 g/mol. The molecule has 24 heavy (non-hydrogen) atoms. The number of aromatic amines is 2. The molecule has 0 atom stereocenters. The van der Waals surface area contributed by atoms with Crippen molar-refractivity contribution in [2.75, 3.05) is 0 Å². The average Bonchev–Trinajstić information content (AvgIpc) is 3.03. The summed E-state index contributed by atoms with van der Waals surface area (Å²) >= 11 is 0. The van der Waals surface area contributed by atoms with Crippen molar-refractivity contribution >= 4 is 16.9 Å². The van der Waals surface area contributed by atoms with Crippen molar-refractivity contribution in [2.45, 2.75) is 40.3 Å². The molecule has 1 aromatic carbocycles. The molecule has 1 amide bonds. The smallest absolute Gasteiger partial charge is 0.323 e. The zero-order valence-corrected chi connectivity index (χ0v) is 14.1. The Labute approximate surface area is 139 Å². The molecule has 0 spiro atoms. The molecule has 0 aliphatic rings. The SMILES string of the molecule is CCc1c(C)nn(CC(=O)NCc2ccc3[nH]c(=O)[nH]c3c2)c1C. The predicted molar refractivity (Wildman–Crippen MR) is 91.8 cm³/mol. The molecule has 0 radical (unpaired) electrons. The first-order valence-electron chi connectivity index (χ1n) is 7.98. The van der Waals surface area contributed by atoms with Crippen molar-refractivity contribution in [1.82, 2.24) is 25.1 Å². The molecular formula is C17H21N5O2. The van der Waals surface area contributed by atoms with Crippen molar-refractivity contribution < 1.29 is 4.79 Å². The molecule has 7 heteroatoms. The van der Waals surface area contributed by atoms with Gasteiger partial charge in [0.2, 0.25) is 5.91 Å². The van der Waals surface area contributed by atoms with Gasteiger partial charge in [-0.1, -0.05) is 13.0 Å². The molecule has 3 rings (SSSR count). The monoisotopic (exact) mass is 327 g/mol. The Hall–Kier alpha value is -2.83. The second-order valence-corrected chi connectivity index (χ2v) is 5.90. The molecule has 0 saturated heterocycles. The van der Waals surface area contributed by atoms with Gasteiger partial charge in [0.05, 0.1) is 16.7 Å². The minimum Gasteiger partial charge on any atom is -0.350 e. The first-order chi connectivity index (χ1) is 11.5. The van der Waals surface area contributed by atoms with Gasteiger partial charge >= 0.3 is 5.69 Å². The van der Waals surface area contributed by atoms with Crippen LogP contribution in [-0.2, 0) is 24.3 Å². The lowest BCUT2D eigenvalue weighted by molar-refractivity contribution is -0.122. The van der Waals surface area contributed by atoms with E-state index in [1.165, 1.54) is 5.56 Å². The van der Waals surface area contributed by atoms with Crippen LogP contribution < -0.4 is 11.0 Å². The molecule has 3 aromatic rings. The van der Waals surface area contributed by atoms with E-state index in [-0.39, 0.29) is 18.1 Å². The summed E-state index contributed by atoms with van der Waals surface area (Å²) in [6.07, 6.45) is 0.911. The fourth-order valence-electron chi connectivity index (χ4n) is 2.98. The minimum atomic E-state index is -0.234. The molecule has 2 aromatic heterocycles. The third-order valence-electron chi connectivity index (χ3n) is 4.25. The lowest BCUT2D eigenvalue weighted by atomic mass is 10.1. The highest BCUT2D eigenvalue weighted by Gasteiger charge is 2.12. The van der Waals surface area contributed by atoms with Gasteiger partial charge in [-0.2, -0.15) is 5.10 Å². The van der Waals surface area contributed by atoms with E-state index < -0.39 is 0 Å². The van der Waals surface area contributed by atoms with Gasteiger partial charge in [-0.25, -0.2) is 4.79 Å². The Bertz CT molecular complexity index is 948. The number of benzene rings is 1. The second kappa shape index (κ2) is 6.35. The van der Waals surface area contributed by atoms with E-state index in [9.17, 15) is 9.59 Å². The van der Waals surface area contributed by atoms with Crippen LogP contribution >= 0.6 is 0 Å². The predicted octanol–water partition coefficient (Wildman–Crippen LogP) is 1.55. The van der Waals surface area contributed by atoms with E-state index in [1.54, 1.807) is 4.68 Å². The zero-order valence-electron chi connectivity index (χ0n) is 14.1. The number of amides is 1. The minimum absolute atomic E-state index is 0.0917. The fraction of sp³-hybridized carbons (Fsp3) is 0.353.